The third kappa shape index (κ3) is 3.98. The van der Waals surface area contributed by atoms with Gasteiger partial charge in [-0.3, -0.25) is 0 Å². The van der Waals surface area contributed by atoms with E-state index >= 15 is 0 Å². The lowest BCUT2D eigenvalue weighted by Crippen LogP contribution is -2.15. The van der Waals surface area contributed by atoms with Gasteiger partial charge in [0, 0.05) is 5.69 Å². The van der Waals surface area contributed by atoms with Crippen LogP contribution in [-0.2, 0) is 23.1 Å². The maximum atomic E-state index is 11.7. The molecule has 0 fully saturated rings. The molecule has 7 nitrogen and oxygen atoms in total. The molecule has 3 rings (SSSR count). The van der Waals surface area contributed by atoms with E-state index in [1.165, 1.54) is 6.07 Å². The number of nitrogens with one attached hydrogen (secondary N) is 2. The van der Waals surface area contributed by atoms with Crippen LogP contribution in [-0.4, -0.2) is 8.42 Å². The van der Waals surface area contributed by atoms with Gasteiger partial charge in [-0.15, -0.1) is 0 Å². The van der Waals surface area contributed by atoms with Gasteiger partial charge in [-0.1, -0.05) is 0 Å². The highest BCUT2D eigenvalue weighted by Gasteiger charge is 2.15. The zero-order valence-electron chi connectivity index (χ0n) is 12.7. The van der Waals surface area contributed by atoms with E-state index in [1.54, 1.807) is 42.9 Å². The maximum absolute atomic E-state index is 11.7. The Morgan fingerprint density at radius 3 is 2.08 bits per heavy atom. The first kappa shape index (κ1) is 16.2. The summed E-state index contributed by atoms with van der Waals surface area (Å²) in [6.07, 6.45) is 3.15. The number of benzene rings is 1. The van der Waals surface area contributed by atoms with Gasteiger partial charge in [-0.25, -0.2) is 13.6 Å². The summed E-state index contributed by atoms with van der Waals surface area (Å²) in [6, 6.07) is 12.0. The van der Waals surface area contributed by atoms with Crippen LogP contribution in [0.2, 0.25) is 0 Å². The topological polar surface area (TPSA) is 110 Å². The van der Waals surface area contributed by atoms with Crippen LogP contribution >= 0.6 is 0 Å². The number of hydrogen-bond acceptors (Lipinski definition) is 6. The minimum Gasteiger partial charge on any atom is -0.467 e. The largest absolute Gasteiger partial charge is 0.467 e. The van der Waals surface area contributed by atoms with E-state index < -0.39 is 10.0 Å². The van der Waals surface area contributed by atoms with Crippen molar-refractivity contribution < 1.29 is 17.3 Å². The Morgan fingerprint density at radius 2 is 1.54 bits per heavy atom. The van der Waals surface area contributed by atoms with Crippen LogP contribution in [0.3, 0.4) is 0 Å². The van der Waals surface area contributed by atoms with Gasteiger partial charge in [-0.05, 0) is 42.5 Å². The van der Waals surface area contributed by atoms with Gasteiger partial charge >= 0.3 is 0 Å². The first-order valence-corrected chi connectivity index (χ1v) is 8.76. The lowest BCUT2D eigenvalue weighted by atomic mass is 10.2. The molecule has 0 aliphatic carbocycles. The predicted molar refractivity (Wildman–Crippen MR) is 89.9 cm³/mol. The van der Waals surface area contributed by atoms with E-state index in [1.807, 2.05) is 6.07 Å². The minimum atomic E-state index is -3.84. The van der Waals surface area contributed by atoms with Crippen LogP contribution in [0.15, 0.2) is 68.7 Å². The van der Waals surface area contributed by atoms with Gasteiger partial charge in [0.05, 0.1) is 31.3 Å². The van der Waals surface area contributed by atoms with E-state index in [-0.39, 0.29) is 4.90 Å². The summed E-state index contributed by atoms with van der Waals surface area (Å²) in [5, 5.41) is 11.5. The Balaban J connectivity index is 1.80. The number of furan rings is 2. The Bertz CT molecular complexity index is 888. The van der Waals surface area contributed by atoms with Crippen LogP contribution in [0.1, 0.15) is 11.5 Å². The molecule has 8 heteroatoms. The number of hydrogen-bond donors (Lipinski definition) is 3. The van der Waals surface area contributed by atoms with Crippen molar-refractivity contribution in [2.24, 2.45) is 5.14 Å². The van der Waals surface area contributed by atoms with Gasteiger partial charge in [0.1, 0.15) is 16.4 Å². The molecule has 0 aliphatic rings. The molecule has 0 saturated heterocycles. The van der Waals surface area contributed by atoms with Crippen molar-refractivity contribution in [3.63, 3.8) is 0 Å². The first-order valence-electron chi connectivity index (χ1n) is 7.22. The van der Waals surface area contributed by atoms with Gasteiger partial charge in [0.25, 0.3) is 0 Å². The van der Waals surface area contributed by atoms with Gasteiger partial charge in [0.2, 0.25) is 10.0 Å². The molecule has 1 aromatic carbocycles. The third-order valence-electron chi connectivity index (χ3n) is 3.37. The highest BCUT2D eigenvalue weighted by molar-refractivity contribution is 7.89. The second kappa shape index (κ2) is 6.81. The summed E-state index contributed by atoms with van der Waals surface area (Å²) < 4.78 is 34.0. The average molecular weight is 347 g/mol. The van der Waals surface area contributed by atoms with Crippen LogP contribution in [0.5, 0.6) is 0 Å². The van der Waals surface area contributed by atoms with Gasteiger partial charge < -0.3 is 19.5 Å². The number of rotatable bonds is 7. The fraction of sp³-hybridized carbons (Fsp3) is 0.125. The molecule has 0 amide bonds. The molecule has 0 spiro atoms. The zero-order chi connectivity index (χ0) is 17.0. The molecule has 4 N–H and O–H groups in total. The smallest absolute Gasteiger partial charge is 0.240 e. The number of primary sulfonamides is 1. The molecule has 126 valence electrons. The number of anilines is 2. The average Bonchev–Trinajstić information content (AvgIpc) is 3.23. The minimum absolute atomic E-state index is 0.0256. The van der Waals surface area contributed by atoms with Crippen LogP contribution in [0.25, 0.3) is 0 Å². The summed E-state index contributed by atoms with van der Waals surface area (Å²) in [5.74, 6) is 1.46. The van der Waals surface area contributed by atoms with Crippen LogP contribution in [0, 0.1) is 0 Å². The third-order valence-corrected chi connectivity index (χ3v) is 4.34. The SMILES string of the molecule is NS(=O)(=O)c1ccc(NCc2ccco2)cc1NCc1ccco1. The van der Waals surface area contributed by atoms with Crippen molar-refractivity contribution in [3.05, 3.63) is 66.5 Å². The molecular weight excluding hydrogens is 330 g/mol. The second-order valence-corrected chi connectivity index (χ2v) is 6.65. The zero-order valence-corrected chi connectivity index (χ0v) is 13.5. The van der Waals surface area contributed by atoms with Crippen molar-refractivity contribution in [3.8, 4) is 0 Å². The lowest BCUT2D eigenvalue weighted by Gasteiger charge is -2.13. The van der Waals surface area contributed by atoms with E-state index in [0.29, 0.717) is 24.5 Å². The van der Waals surface area contributed by atoms with E-state index in [2.05, 4.69) is 10.6 Å². The Hall–Kier alpha value is -2.71. The fourth-order valence-electron chi connectivity index (χ4n) is 2.22. The molecule has 2 aromatic heterocycles. The lowest BCUT2D eigenvalue weighted by molar-refractivity contribution is 0.518. The second-order valence-electron chi connectivity index (χ2n) is 5.12. The van der Waals surface area contributed by atoms with E-state index in [0.717, 1.165) is 11.4 Å². The fourth-order valence-corrected chi connectivity index (χ4v) is 2.92. The summed E-state index contributed by atoms with van der Waals surface area (Å²) in [4.78, 5) is 0.0256. The van der Waals surface area contributed by atoms with Crippen molar-refractivity contribution in [1.82, 2.24) is 0 Å². The maximum Gasteiger partial charge on any atom is 0.240 e. The molecule has 0 aliphatic heterocycles. The van der Waals surface area contributed by atoms with Crippen molar-refractivity contribution in [1.29, 1.82) is 0 Å². The number of nitrogens with two attached hydrogens (primary N) is 1. The normalized spacial score (nSPS) is 11.4. The summed E-state index contributed by atoms with van der Waals surface area (Å²) in [5.41, 5.74) is 1.14. The Kier molecular flexibility index (Phi) is 4.59. The first-order chi connectivity index (χ1) is 11.5. The van der Waals surface area contributed by atoms with Crippen LogP contribution < -0.4 is 15.8 Å². The Labute approximate surface area is 139 Å². The molecular formula is C16H17N3O4S. The van der Waals surface area contributed by atoms with Crippen molar-refractivity contribution in [2.75, 3.05) is 10.6 Å². The standard InChI is InChI=1S/C16H17N3O4S/c17-24(20,21)16-6-5-12(18-10-13-3-1-7-22-13)9-15(16)19-11-14-4-2-8-23-14/h1-9,18-19H,10-11H2,(H2,17,20,21). The predicted octanol–water partition coefficient (Wildman–Crippen LogP) is 2.74. The Morgan fingerprint density at radius 1 is 0.917 bits per heavy atom. The van der Waals surface area contributed by atoms with E-state index in [4.69, 9.17) is 14.0 Å². The molecule has 0 atom stereocenters. The van der Waals surface area contributed by atoms with Gasteiger partial charge in [0.15, 0.2) is 0 Å². The van der Waals surface area contributed by atoms with Gasteiger partial charge in [-0.2, -0.15) is 0 Å². The molecule has 2 heterocycles. The monoisotopic (exact) mass is 347 g/mol. The molecule has 3 aromatic rings. The quantitative estimate of drug-likeness (QED) is 0.606. The summed E-state index contributed by atoms with van der Waals surface area (Å²) in [7, 11) is -3.84. The number of sulfonamides is 1. The molecule has 24 heavy (non-hydrogen) atoms. The molecule has 0 saturated carbocycles. The van der Waals surface area contributed by atoms with Crippen LogP contribution in [0.4, 0.5) is 11.4 Å². The highest BCUT2D eigenvalue weighted by atomic mass is 32.2. The van der Waals surface area contributed by atoms with Crippen molar-refractivity contribution in [2.45, 2.75) is 18.0 Å². The summed E-state index contributed by atoms with van der Waals surface area (Å²) in [6.45, 7) is 0.830. The molecule has 0 radical (unpaired) electrons. The summed E-state index contributed by atoms with van der Waals surface area (Å²) >= 11 is 0. The van der Waals surface area contributed by atoms with Crippen molar-refractivity contribution >= 4 is 21.4 Å². The molecule has 0 bridgehead atoms. The van der Waals surface area contributed by atoms with E-state index in [9.17, 15) is 8.42 Å². The highest BCUT2D eigenvalue weighted by Crippen LogP contribution is 2.25. The molecule has 0 unspecified atom stereocenters.